The van der Waals surface area contributed by atoms with Crippen LogP contribution in [0, 0.1) is 5.92 Å². The van der Waals surface area contributed by atoms with Crippen LogP contribution in [-0.2, 0) is 4.79 Å². The van der Waals surface area contributed by atoms with Gasteiger partial charge in [-0.2, -0.15) is 10.1 Å². The molecule has 0 fully saturated rings. The van der Waals surface area contributed by atoms with Crippen molar-refractivity contribution in [2.75, 3.05) is 11.6 Å². The van der Waals surface area contributed by atoms with E-state index in [1.165, 1.54) is 5.01 Å². The Morgan fingerprint density at radius 1 is 1.17 bits per heavy atom. The van der Waals surface area contributed by atoms with Crippen LogP contribution in [0.5, 0.6) is 5.75 Å². The van der Waals surface area contributed by atoms with Crippen LogP contribution in [0.2, 0.25) is 0 Å². The molecule has 24 heavy (non-hydrogen) atoms. The number of rotatable bonds is 5. The predicted molar refractivity (Wildman–Crippen MR) is 96.3 cm³/mol. The molecule has 1 unspecified atom stereocenters. The van der Waals surface area contributed by atoms with Crippen molar-refractivity contribution >= 4 is 29.2 Å². The number of hydrogen-bond donors (Lipinski definition) is 0. The molecule has 1 atom stereocenters. The Kier molecular flexibility index (Phi) is 4.70. The largest absolute Gasteiger partial charge is 0.494 e. The van der Waals surface area contributed by atoms with Gasteiger partial charge in [0.1, 0.15) is 11.7 Å². The van der Waals surface area contributed by atoms with Crippen molar-refractivity contribution in [3.8, 4) is 5.75 Å². The lowest BCUT2D eigenvalue weighted by Crippen LogP contribution is -2.27. The Labute approximate surface area is 141 Å². The van der Waals surface area contributed by atoms with Crippen LogP contribution in [-0.4, -0.2) is 24.4 Å². The highest BCUT2D eigenvalue weighted by molar-refractivity contribution is 6.23. The normalized spacial score (nSPS) is 17.4. The molecular weight excluding hydrogens is 302 g/mol. The Balaban J connectivity index is 1.73. The van der Waals surface area contributed by atoms with Gasteiger partial charge in [-0.25, -0.2) is 0 Å². The minimum Gasteiger partial charge on any atom is -0.494 e. The number of carbonyl (C=O) groups is 1. The molecule has 0 aliphatic carbocycles. The number of amides is 1. The molecule has 2 aromatic carbocycles. The van der Waals surface area contributed by atoms with Gasteiger partial charge in [-0.1, -0.05) is 18.2 Å². The summed E-state index contributed by atoms with van der Waals surface area (Å²) in [4.78, 5) is 17.0. The number of carbonyl (C=O) groups excluding carboxylic acids is 1. The molecule has 3 rings (SSSR count). The van der Waals surface area contributed by atoms with E-state index in [0.717, 1.165) is 22.8 Å². The Morgan fingerprint density at radius 3 is 2.54 bits per heavy atom. The zero-order chi connectivity index (χ0) is 16.9. The smallest absolute Gasteiger partial charge is 0.261 e. The highest BCUT2D eigenvalue weighted by atomic mass is 16.5. The number of nitrogens with zero attached hydrogens (tertiary/aromatic N) is 3. The molecule has 1 amide bonds. The summed E-state index contributed by atoms with van der Waals surface area (Å²) in [6.07, 6.45) is 1.65. The molecule has 5 nitrogen and oxygen atoms in total. The van der Waals surface area contributed by atoms with E-state index in [2.05, 4.69) is 10.1 Å². The molecule has 1 heterocycles. The van der Waals surface area contributed by atoms with Crippen LogP contribution in [0.3, 0.4) is 0 Å². The minimum atomic E-state index is -0.434. The van der Waals surface area contributed by atoms with E-state index in [0.29, 0.717) is 6.61 Å². The zero-order valence-electron chi connectivity index (χ0n) is 13.7. The topological polar surface area (TPSA) is 54.3 Å². The first-order valence-corrected chi connectivity index (χ1v) is 7.90. The maximum absolute atomic E-state index is 12.6. The van der Waals surface area contributed by atoms with Crippen LogP contribution in [0.15, 0.2) is 64.7 Å². The van der Waals surface area contributed by atoms with Gasteiger partial charge in [-0.15, -0.1) is 0 Å². The van der Waals surface area contributed by atoms with Crippen LogP contribution in [0.4, 0.5) is 11.4 Å². The third kappa shape index (κ3) is 3.35. The molecule has 0 radical (unpaired) electrons. The molecule has 0 saturated heterocycles. The molecule has 2 aromatic rings. The van der Waals surface area contributed by atoms with Crippen molar-refractivity contribution in [3.05, 3.63) is 54.6 Å². The average molecular weight is 321 g/mol. The number of anilines is 1. The Morgan fingerprint density at radius 2 is 1.88 bits per heavy atom. The van der Waals surface area contributed by atoms with Crippen molar-refractivity contribution in [2.45, 2.75) is 13.8 Å². The fraction of sp³-hybridized carbons (Fsp3) is 0.211. The van der Waals surface area contributed by atoms with Gasteiger partial charge in [0.2, 0.25) is 0 Å². The number of benzene rings is 2. The van der Waals surface area contributed by atoms with Crippen molar-refractivity contribution in [3.63, 3.8) is 0 Å². The van der Waals surface area contributed by atoms with Gasteiger partial charge in [-0.05, 0) is 50.2 Å². The number of hydrazone groups is 1. The lowest BCUT2D eigenvalue weighted by atomic mass is 10.1. The SMILES string of the molecule is CCOc1ccc(N=CC2C(=O)N(c3ccccc3)N=C2C)cc1. The Bertz CT molecular complexity index is 767. The van der Waals surface area contributed by atoms with Crippen molar-refractivity contribution < 1.29 is 9.53 Å². The summed E-state index contributed by atoms with van der Waals surface area (Å²) in [5, 5.41) is 5.80. The van der Waals surface area contributed by atoms with Gasteiger partial charge < -0.3 is 4.74 Å². The third-order valence-electron chi connectivity index (χ3n) is 3.70. The van der Waals surface area contributed by atoms with E-state index in [4.69, 9.17) is 4.74 Å². The fourth-order valence-electron chi connectivity index (χ4n) is 2.46. The van der Waals surface area contributed by atoms with Crippen LogP contribution < -0.4 is 9.75 Å². The molecule has 5 heteroatoms. The molecule has 122 valence electrons. The second-order valence-electron chi connectivity index (χ2n) is 5.41. The highest BCUT2D eigenvalue weighted by Crippen LogP contribution is 2.24. The van der Waals surface area contributed by atoms with Gasteiger partial charge >= 0.3 is 0 Å². The first-order valence-electron chi connectivity index (χ1n) is 7.90. The molecule has 1 aliphatic rings. The lowest BCUT2D eigenvalue weighted by molar-refractivity contribution is -0.118. The molecule has 1 aliphatic heterocycles. The maximum atomic E-state index is 12.6. The fourth-order valence-corrected chi connectivity index (χ4v) is 2.46. The second-order valence-corrected chi connectivity index (χ2v) is 5.41. The standard InChI is InChI=1S/C19H19N3O2/c1-3-24-17-11-9-15(10-12-17)20-13-18-14(2)21-22(19(18)23)16-7-5-4-6-8-16/h4-13,18H,3H2,1-2H3. The first-order chi connectivity index (χ1) is 11.7. The second kappa shape index (κ2) is 7.08. The van der Waals surface area contributed by atoms with Gasteiger partial charge in [0, 0.05) is 6.21 Å². The van der Waals surface area contributed by atoms with Crippen LogP contribution in [0.1, 0.15) is 13.8 Å². The van der Waals surface area contributed by atoms with Crippen molar-refractivity contribution in [1.82, 2.24) is 0 Å². The summed E-state index contributed by atoms with van der Waals surface area (Å²) >= 11 is 0. The summed E-state index contributed by atoms with van der Waals surface area (Å²) in [6.45, 7) is 4.41. The Hall–Kier alpha value is -2.95. The lowest BCUT2D eigenvalue weighted by Gasteiger charge is -2.12. The predicted octanol–water partition coefficient (Wildman–Crippen LogP) is 3.83. The maximum Gasteiger partial charge on any atom is 0.261 e. The summed E-state index contributed by atoms with van der Waals surface area (Å²) < 4.78 is 5.40. The molecular formula is C19H19N3O2. The number of ether oxygens (including phenoxy) is 1. The monoisotopic (exact) mass is 321 g/mol. The summed E-state index contributed by atoms with van der Waals surface area (Å²) in [5.41, 5.74) is 2.27. The van der Waals surface area contributed by atoms with Gasteiger partial charge in [0.15, 0.2) is 0 Å². The van der Waals surface area contributed by atoms with E-state index in [9.17, 15) is 4.79 Å². The van der Waals surface area contributed by atoms with E-state index >= 15 is 0 Å². The van der Waals surface area contributed by atoms with Gasteiger partial charge in [0.05, 0.1) is 23.7 Å². The molecule has 0 N–H and O–H groups in total. The molecule has 0 saturated carbocycles. The summed E-state index contributed by atoms with van der Waals surface area (Å²) in [6, 6.07) is 16.9. The van der Waals surface area contributed by atoms with Gasteiger partial charge in [0.25, 0.3) is 5.91 Å². The van der Waals surface area contributed by atoms with E-state index in [1.54, 1.807) is 6.21 Å². The molecule has 0 spiro atoms. The van der Waals surface area contributed by atoms with Crippen molar-refractivity contribution in [1.29, 1.82) is 0 Å². The summed E-state index contributed by atoms with van der Waals surface area (Å²) in [7, 11) is 0. The summed E-state index contributed by atoms with van der Waals surface area (Å²) in [5.74, 6) is 0.284. The number of aliphatic imine (C=N–C) groups is 1. The van der Waals surface area contributed by atoms with Crippen LogP contribution >= 0.6 is 0 Å². The minimum absolute atomic E-state index is 0.0895. The zero-order valence-corrected chi connectivity index (χ0v) is 13.7. The highest BCUT2D eigenvalue weighted by Gasteiger charge is 2.33. The third-order valence-corrected chi connectivity index (χ3v) is 3.70. The van der Waals surface area contributed by atoms with E-state index in [-0.39, 0.29) is 5.91 Å². The first kappa shape index (κ1) is 15.9. The number of hydrogen-bond acceptors (Lipinski definition) is 4. The molecule has 0 bridgehead atoms. The quantitative estimate of drug-likeness (QED) is 0.786. The number of para-hydroxylation sites is 1. The van der Waals surface area contributed by atoms with Gasteiger partial charge in [-0.3, -0.25) is 9.79 Å². The van der Waals surface area contributed by atoms with Crippen LogP contribution in [0.25, 0.3) is 0 Å². The molecule has 0 aromatic heterocycles. The van der Waals surface area contributed by atoms with E-state index in [1.807, 2.05) is 68.4 Å². The van der Waals surface area contributed by atoms with E-state index < -0.39 is 5.92 Å². The average Bonchev–Trinajstić information content (AvgIpc) is 2.90. The van der Waals surface area contributed by atoms with Crippen molar-refractivity contribution in [2.24, 2.45) is 16.0 Å².